The maximum Gasteiger partial charge on any atom is 0.306 e. The molecule has 6 heteroatoms. The molecule has 50 heavy (non-hydrogen) atoms. The third-order valence-corrected chi connectivity index (χ3v) is 8.88. The van der Waals surface area contributed by atoms with Crippen LogP contribution < -0.4 is 0 Å². The van der Waals surface area contributed by atoms with Crippen LogP contribution in [0, 0.1) is 5.92 Å². The number of aliphatic hydroxyl groups is 2. The van der Waals surface area contributed by atoms with Crippen molar-refractivity contribution in [1.29, 1.82) is 0 Å². The van der Waals surface area contributed by atoms with Gasteiger partial charge in [0.15, 0.2) is 6.10 Å². The summed E-state index contributed by atoms with van der Waals surface area (Å²) in [6.07, 6.45) is 43.4. The summed E-state index contributed by atoms with van der Waals surface area (Å²) < 4.78 is 10.5. The first-order valence-corrected chi connectivity index (χ1v) is 20.7. The SMILES string of the molecule is CCCCC/C=C\C/C=C\CC(O)/C=C\C=C\CCCC(=O)OC[C@H](CO)OC(=O)CCCCCCCCCCCCCCCCCC(C)C. The van der Waals surface area contributed by atoms with E-state index < -0.39 is 12.2 Å². The predicted molar refractivity (Wildman–Crippen MR) is 211 cm³/mol. The van der Waals surface area contributed by atoms with Crippen LogP contribution in [0.2, 0.25) is 0 Å². The molecule has 0 aromatic rings. The molecule has 0 amide bonds. The molecular formula is C44H78O6. The molecule has 0 aliphatic carbocycles. The van der Waals surface area contributed by atoms with Crippen molar-refractivity contribution in [3.63, 3.8) is 0 Å². The molecule has 2 N–H and O–H groups in total. The summed E-state index contributed by atoms with van der Waals surface area (Å²) in [5, 5.41) is 19.6. The van der Waals surface area contributed by atoms with Gasteiger partial charge in [0.1, 0.15) is 6.61 Å². The van der Waals surface area contributed by atoms with Gasteiger partial charge in [-0.2, -0.15) is 0 Å². The molecule has 2 atom stereocenters. The summed E-state index contributed by atoms with van der Waals surface area (Å²) in [7, 11) is 0. The summed E-state index contributed by atoms with van der Waals surface area (Å²) in [4.78, 5) is 24.3. The van der Waals surface area contributed by atoms with Crippen molar-refractivity contribution < 1.29 is 29.3 Å². The Hall–Kier alpha value is -2.18. The van der Waals surface area contributed by atoms with Crippen molar-refractivity contribution in [2.45, 2.75) is 200 Å². The second kappa shape index (κ2) is 38.1. The van der Waals surface area contributed by atoms with Gasteiger partial charge in [-0.15, -0.1) is 0 Å². The highest BCUT2D eigenvalue weighted by Crippen LogP contribution is 2.15. The minimum Gasteiger partial charge on any atom is -0.462 e. The Morgan fingerprint density at radius 2 is 1.18 bits per heavy atom. The van der Waals surface area contributed by atoms with Crippen molar-refractivity contribution >= 4 is 11.9 Å². The zero-order chi connectivity index (χ0) is 36.8. The third kappa shape index (κ3) is 37.1. The molecule has 6 nitrogen and oxygen atoms in total. The van der Waals surface area contributed by atoms with Crippen LogP contribution in [0.1, 0.15) is 188 Å². The number of esters is 2. The van der Waals surface area contributed by atoms with Crippen LogP contribution in [-0.2, 0) is 19.1 Å². The summed E-state index contributed by atoms with van der Waals surface area (Å²) in [6.45, 7) is 6.34. The average molecular weight is 703 g/mol. The van der Waals surface area contributed by atoms with Gasteiger partial charge in [-0.3, -0.25) is 9.59 Å². The molecule has 0 aromatic heterocycles. The first-order valence-electron chi connectivity index (χ1n) is 20.7. The molecule has 0 saturated carbocycles. The highest BCUT2D eigenvalue weighted by molar-refractivity contribution is 5.70. The van der Waals surface area contributed by atoms with Crippen molar-refractivity contribution in [2.75, 3.05) is 13.2 Å². The van der Waals surface area contributed by atoms with Crippen LogP contribution >= 0.6 is 0 Å². The van der Waals surface area contributed by atoms with E-state index in [-0.39, 0.29) is 31.6 Å². The fourth-order valence-corrected chi connectivity index (χ4v) is 5.69. The molecule has 0 aromatic carbocycles. The van der Waals surface area contributed by atoms with E-state index in [2.05, 4.69) is 39.0 Å². The molecule has 0 heterocycles. The fourth-order valence-electron chi connectivity index (χ4n) is 5.69. The Kier molecular flexibility index (Phi) is 36.4. The van der Waals surface area contributed by atoms with Gasteiger partial charge in [-0.1, -0.05) is 179 Å². The van der Waals surface area contributed by atoms with Gasteiger partial charge >= 0.3 is 11.9 Å². The van der Waals surface area contributed by atoms with E-state index in [4.69, 9.17) is 9.47 Å². The summed E-state index contributed by atoms with van der Waals surface area (Å²) in [5.74, 6) is 0.129. The largest absolute Gasteiger partial charge is 0.462 e. The minimum absolute atomic E-state index is 0.125. The number of hydrogen-bond donors (Lipinski definition) is 2. The number of carbonyl (C=O) groups is 2. The molecule has 290 valence electrons. The molecule has 1 unspecified atom stereocenters. The van der Waals surface area contributed by atoms with Crippen LogP contribution in [0.15, 0.2) is 48.6 Å². The zero-order valence-electron chi connectivity index (χ0n) is 32.7. The molecule has 0 bridgehead atoms. The van der Waals surface area contributed by atoms with E-state index in [1.54, 1.807) is 6.08 Å². The molecule has 0 saturated heterocycles. The first kappa shape index (κ1) is 47.8. The maximum atomic E-state index is 12.2. The molecule has 0 rings (SSSR count). The number of unbranched alkanes of at least 4 members (excludes halogenated alkanes) is 18. The Morgan fingerprint density at radius 3 is 1.78 bits per heavy atom. The smallest absolute Gasteiger partial charge is 0.306 e. The van der Waals surface area contributed by atoms with Crippen molar-refractivity contribution in [3.8, 4) is 0 Å². The highest BCUT2D eigenvalue weighted by Gasteiger charge is 2.16. The van der Waals surface area contributed by atoms with Gasteiger partial charge in [-0.25, -0.2) is 0 Å². The second-order valence-corrected chi connectivity index (χ2v) is 14.4. The van der Waals surface area contributed by atoms with Gasteiger partial charge in [0.2, 0.25) is 0 Å². The quantitative estimate of drug-likeness (QED) is 0.0292. The number of carbonyl (C=O) groups excluding carboxylic acids is 2. The lowest BCUT2D eigenvalue weighted by Gasteiger charge is -2.15. The number of hydrogen-bond acceptors (Lipinski definition) is 6. The topological polar surface area (TPSA) is 93.1 Å². The van der Waals surface area contributed by atoms with Crippen LogP contribution in [0.25, 0.3) is 0 Å². The van der Waals surface area contributed by atoms with Gasteiger partial charge in [-0.05, 0) is 50.9 Å². The Labute approximate surface area is 308 Å². The van der Waals surface area contributed by atoms with E-state index in [9.17, 15) is 19.8 Å². The molecule has 0 aliphatic heterocycles. The van der Waals surface area contributed by atoms with Crippen LogP contribution in [0.5, 0.6) is 0 Å². The van der Waals surface area contributed by atoms with E-state index in [1.165, 1.54) is 103 Å². The highest BCUT2D eigenvalue weighted by atomic mass is 16.6. The van der Waals surface area contributed by atoms with Gasteiger partial charge < -0.3 is 19.7 Å². The zero-order valence-corrected chi connectivity index (χ0v) is 32.7. The van der Waals surface area contributed by atoms with Gasteiger partial charge in [0.05, 0.1) is 12.7 Å². The molecule has 0 spiro atoms. The monoisotopic (exact) mass is 703 g/mol. The Morgan fingerprint density at radius 1 is 0.620 bits per heavy atom. The molecule has 0 radical (unpaired) electrons. The lowest BCUT2D eigenvalue weighted by atomic mass is 10.0. The number of aliphatic hydroxyl groups excluding tert-OH is 2. The summed E-state index contributed by atoms with van der Waals surface area (Å²) in [6, 6.07) is 0. The maximum absolute atomic E-state index is 12.2. The first-order chi connectivity index (χ1) is 24.4. The number of allylic oxidation sites excluding steroid dienone is 6. The Bertz CT molecular complexity index is 874. The van der Waals surface area contributed by atoms with Crippen molar-refractivity contribution in [3.05, 3.63) is 48.6 Å². The molecule has 0 aliphatic rings. The van der Waals surface area contributed by atoms with Gasteiger partial charge in [0.25, 0.3) is 0 Å². The normalized spacial score (nSPS) is 13.4. The third-order valence-electron chi connectivity index (χ3n) is 8.88. The van der Waals surface area contributed by atoms with E-state index in [1.807, 2.05) is 24.3 Å². The van der Waals surface area contributed by atoms with Gasteiger partial charge in [0, 0.05) is 12.8 Å². The number of ether oxygens (including phenoxy) is 2. The second-order valence-electron chi connectivity index (χ2n) is 14.4. The van der Waals surface area contributed by atoms with E-state index in [0.29, 0.717) is 25.7 Å². The lowest BCUT2D eigenvalue weighted by molar-refractivity contribution is -0.161. The molecule has 0 fully saturated rings. The molecular weight excluding hydrogens is 624 g/mol. The Balaban J connectivity index is 3.70. The van der Waals surface area contributed by atoms with Crippen molar-refractivity contribution in [1.82, 2.24) is 0 Å². The summed E-state index contributed by atoms with van der Waals surface area (Å²) >= 11 is 0. The number of rotatable bonds is 36. The predicted octanol–water partition coefficient (Wildman–Crippen LogP) is 11.8. The van der Waals surface area contributed by atoms with E-state index in [0.717, 1.165) is 38.0 Å². The van der Waals surface area contributed by atoms with Crippen LogP contribution in [-0.4, -0.2) is 47.6 Å². The fraction of sp³-hybridized carbons (Fsp3) is 0.773. The van der Waals surface area contributed by atoms with Crippen molar-refractivity contribution in [2.24, 2.45) is 5.92 Å². The lowest BCUT2D eigenvalue weighted by Crippen LogP contribution is -2.28. The standard InChI is InChI=1S/C44H78O6/c1-4-5-6-7-8-16-20-24-29-34-41(46)35-30-25-22-27-31-36-43(47)49-39-42(38-45)50-44(48)37-32-26-21-18-15-13-11-9-10-12-14-17-19-23-28-33-40(2)3/h8,16,22,24-25,29-30,35,40-42,45-46H,4-7,9-15,17-21,23,26-28,31-34,36-39H2,1-3H3/b16-8-,25-22+,29-24-,35-30-/t41?,42-/m0/s1. The van der Waals surface area contributed by atoms with Crippen LogP contribution in [0.3, 0.4) is 0 Å². The summed E-state index contributed by atoms with van der Waals surface area (Å²) in [5.41, 5.74) is 0. The van der Waals surface area contributed by atoms with Crippen LogP contribution in [0.4, 0.5) is 0 Å². The van der Waals surface area contributed by atoms with E-state index >= 15 is 0 Å². The minimum atomic E-state index is -0.820. The average Bonchev–Trinajstić information content (AvgIpc) is 3.10.